The second-order valence-electron chi connectivity index (χ2n) is 4.75. The second-order valence-corrected chi connectivity index (χ2v) is 4.75. The highest BCUT2D eigenvalue weighted by molar-refractivity contribution is 5.84. The molecule has 0 spiro atoms. The van der Waals surface area contributed by atoms with Crippen LogP contribution in [-0.4, -0.2) is 22.7 Å². The number of hydrogen-bond acceptors (Lipinski definition) is 4. The third kappa shape index (κ3) is 2.32. The van der Waals surface area contributed by atoms with Crippen molar-refractivity contribution in [2.24, 2.45) is 0 Å². The summed E-state index contributed by atoms with van der Waals surface area (Å²) in [5, 5.41) is 9.37. The molecule has 1 aromatic carbocycles. The number of H-pyrrole nitrogens is 1. The van der Waals surface area contributed by atoms with Gasteiger partial charge in [-0.25, -0.2) is 0 Å². The maximum Gasteiger partial charge on any atom is 0.228 e. The summed E-state index contributed by atoms with van der Waals surface area (Å²) in [6, 6.07) is 7.65. The first kappa shape index (κ1) is 12.5. The van der Waals surface area contributed by atoms with Gasteiger partial charge in [-0.15, -0.1) is 0 Å². The summed E-state index contributed by atoms with van der Waals surface area (Å²) in [6.07, 6.45) is 2.30. The summed E-state index contributed by atoms with van der Waals surface area (Å²) in [5.74, 6) is 1.09. The SMILES string of the molecule is Nc1[nH]ncc1CNC(=O)C1CCOc2ccccc21. The molecule has 104 valence electrons. The highest BCUT2D eigenvalue weighted by Crippen LogP contribution is 2.33. The molecule has 2 aromatic rings. The van der Waals surface area contributed by atoms with E-state index in [1.807, 2.05) is 24.3 Å². The highest BCUT2D eigenvalue weighted by Gasteiger charge is 2.27. The Labute approximate surface area is 116 Å². The predicted molar refractivity (Wildman–Crippen MR) is 74.1 cm³/mol. The molecule has 3 rings (SSSR count). The van der Waals surface area contributed by atoms with Crippen molar-refractivity contribution in [3.8, 4) is 5.75 Å². The number of nitrogens with zero attached hydrogens (tertiary/aromatic N) is 1. The monoisotopic (exact) mass is 272 g/mol. The number of carbonyl (C=O) groups excluding carboxylic acids is 1. The lowest BCUT2D eigenvalue weighted by Crippen LogP contribution is -2.32. The molecule has 1 amide bonds. The molecule has 1 aliphatic heterocycles. The molecular weight excluding hydrogens is 256 g/mol. The molecule has 6 nitrogen and oxygen atoms in total. The summed E-state index contributed by atoms with van der Waals surface area (Å²) in [6.45, 7) is 0.934. The van der Waals surface area contributed by atoms with Gasteiger partial charge in [-0.2, -0.15) is 5.10 Å². The largest absolute Gasteiger partial charge is 0.493 e. The lowest BCUT2D eigenvalue weighted by Gasteiger charge is -2.25. The quantitative estimate of drug-likeness (QED) is 0.782. The standard InChI is InChI=1S/C14H16N4O2/c15-13-9(8-17-18-13)7-16-14(19)11-5-6-20-12-4-2-1-3-10(11)12/h1-4,8,11H,5-7H2,(H,16,19)(H3,15,17,18). The van der Waals surface area contributed by atoms with Crippen LogP contribution in [-0.2, 0) is 11.3 Å². The molecule has 0 fully saturated rings. The van der Waals surface area contributed by atoms with Crippen LogP contribution in [0.4, 0.5) is 5.82 Å². The fourth-order valence-electron chi connectivity index (χ4n) is 2.38. The Morgan fingerprint density at radius 1 is 1.50 bits per heavy atom. The fourth-order valence-corrected chi connectivity index (χ4v) is 2.38. The zero-order chi connectivity index (χ0) is 13.9. The lowest BCUT2D eigenvalue weighted by molar-refractivity contribution is -0.123. The number of para-hydroxylation sites is 1. The normalized spacial score (nSPS) is 17.1. The van der Waals surface area contributed by atoms with Crippen LogP contribution in [0.1, 0.15) is 23.5 Å². The van der Waals surface area contributed by atoms with Crippen molar-refractivity contribution in [3.05, 3.63) is 41.6 Å². The van der Waals surface area contributed by atoms with Gasteiger partial charge < -0.3 is 15.8 Å². The molecule has 0 saturated carbocycles. The highest BCUT2D eigenvalue weighted by atomic mass is 16.5. The maximum atomic E-state index is 12.3. The minimum atomic E-state index is -0.173. The number of benzene rings is 1. The van der Waals surface area contributed by atoms with E-state index in [0.29, 0.717) is 25.4 Å². The third-order valence-electron chi connectivity index (χ3n) is 3.48. The minimum absolute atomic E-state index is 0.0126. The van der Waals surface area contributed by atoms with Gasteiger partial charge in [0.25, 0.3) is 0 Å². The molecule has 1 aliphatic rings. The van der Waals surface area contributed by atoms with E-state index in [9.17, 15) is 4.79 Å². The van der Waals surface area contributed by atoms with Crippen molar-refractivity contribution in [2.45, 2.75) is 18.9 Å². The van der Waals surface area contributed by atoms with Crippen LogP contribution in [0, 0.1) is 0 Å². The summed E-state index contributed by atoms with van der Waals surface area (Å²) >= 11 is 0. The number of nitrogens with one attached hydrogen (secondary N) is 2. The zero-order valence-corrected chi connectivity index (χ0v) is 10.9. The Hall–Kier alpha value is -2.50. The smallest absolute Gasteiger partial charge is 0.228 e. The third-order valence-corrected chi connectivity index (χ3v) is 3.48. The molecule has 0 aliphatic carbocycles. The Morgan fingerprint density at radius 3 is 3.15 bits per heavy atom. The van der Waals surface area contributed by atoms with Crippen molar-refractivity contribution in [3.63, 3.8) is 0 Å². The second kappa shape index (κ2) is 5.24. The van der Waals surface area contributed by atoms with Gasteiger partial charge in [0.1, 0.15) is 11.6 Å². The van der Waals surface area contributed by atoms with Gasteiger partial charge >= 0.3 is 0 Å². The van der Waals surface area contributed by atoms with Crippen LogP contribution in [0.5, 0.6) is 5.75 Å². The minimum Gasteiger partial charge on any atom is -0.493 e. The number of anilines is 1. The summed E-state index contributed by atoms with van der Waals surface area (Å²) in [4.78, 5) is 12.3. The van der Waals surface area contributed by atoms with E-state index in [-0.39, 0.29) is 11.8 Å². The van der Waals surface area contributed by atoms with Crippen molar-refractivity contribution < 1.29 is 9.53 Å². The van der Waals surface area contributed by atoms with Crippen LogP contribution in [0.2, 0.25) is 0 Å². The number of amides is 1. The number of nitrogens with two attached hydrogens (primary N) is 1. The summed E-state index contributed by atoms with van der Waals surface area (Å²) in [5.41, 5.74) is 7.42. The molecular formula is C14H16N4O2. The van der Waals surface area contributed by atoms with Gasteiger partial charge in [0, 0.05) is 17.7 Å². The number of hydrogen-bond donors (Lipinski definition) is 3. The van der Waals surface area contributed by atoms with Crippen LogP contribution in [0.15, 0.2) is 30.5 Å². The average molecular weight is 272 g/mol. The first-order valence-corrected chi connectivity index (χ1v) is 6.53. The van der Waals surface area contributed by atoms with Crippen LogP contribution in [0.25, 0.3) is 0 Å². The lowest BCUT2D eigenvalue weighted by atomic mass is 9.92. The number of nitrogen functional groups attached to an aromatic ring is 1. The number of aromatic amines is 1. The van der Waals surface area contributed by atoms with Gasteiger partial charge in [-0.1, -0.05) is 18.2 Å². The maximum absolute atomic E-state index is 12.3. The van der Waals surface area contributed by atoms with Crippen molar-refractivity contribution in [1.29, 1.82) is 0 Å². The van der Waals surface area contributed by atoms with E-state index < -0.39 is 0 Å². The zero-order valence-electron chi connectivity index (χ0n) is 10.9. The number of rotatable bonds is 3. The molecule has 20 heavy (non-hydrogen) atoms. The summed E-state index contributed by atoms with van der Waals surface area (Å²) in [7, 11) is 0. The average Bonchev–Trinajstić information content (AvgIpc) is 2.89. The van der Waals surface area contributed by atoms with E-state index in [1.165, 1.54) is 0 Å². The molecule has 0 saturated heterocycles. The number of ether oxygens (including phenoxy) is 1. The van der Waals surface area contributed by atoms with E-state index >= 15 is 0 Å². The van der Waals surface area contributed by atoms with Gasteiger partial charge in [0.2, 0.25) is 5.91 Å². The van der Waals surface area contributed by atoms with Crippen LogP contribution >= 0.6 is 0 Å². The van der Waals surface area contributed by atoms with Gasteiger partial charge in [0.15, 0.2) is 0 Å². The van der Waals surface area contributed by atoms with E-state index in [2.05, 4.69) is 15.5 Å². The number of fused-ring (bicyclic) bond motifs is 1. The van der Waals surface area contributed by atoms with E-state index in [1.54, 1.807) is 6.20 Å². The van der Waals surface area contributed by atoms with Crippen molar-refractivity contribution in [1.82, 2.24) is 15.5 Å². The van der Waals surface area contributed by atoms with Gasteiger partial charge in [0.05, 0.1) is 18.7 Å². The number of carbonyl (C=O) groups is 1. The molecule has 6 heteroatoms. The molecule has 1 atom stereocenters. The van der Waals surface area contributed by atoms with Gasteiger partial charge in [-0.05, 0) is 12.5 Å². The Balaban J connectivity index is 1.71. The Morgan fingerprint density at radius 2 is 2.35 bits per heavy atom. The molecule has 0 bridgehead atoms. The number of aromatic nitrogens is 2. The molecule has 1 unspecified atom stereocenters. The van der Waals surface area contributed by atoms with Crippen LogP contribution < -0.4 is 15.8 Å². The molecule has 4 N–H and O–H groups in total. The van der Waals surface area contributed by atoms with Crippen molar-refractivity contribution >= 4 is 11.7 Å². The van der Waals surface area contributed by atoms with Crippen molar-refractivity contribution in [2.75, 3.05) is 12.3 Å². The Kier molecular flexibility index (Phi) is 3.28. The van der Waals surface area contributed by atoms with E-state index in [0.717, 1.165) is 16.9 Å². The van der Waals surface area contributed by atoms with E-state index in [4.69, 9.17) is 10.5 Å². The first-order valence-electron chi connectivity index (χ1n) is 6.53. The summed E-state index contributed by atoms with van der Waals surface area (Å²) < 4.78 is 5.56. The fraction of sp³-hybridized carbons (Fsp3) is 0.286. The Bertz CT molecular complexity index is 623. The van der Waals surface area contributed by atoms with Crippen LogP contribution in [0.3, 0.4) is 0 Å². The molecule has 0 radical (unpaired) electrons. The predicted octanol–water partition coefficient (Wildman–Crippen LogP) is 1.17. The topological polar surface area (TPSA) is 93.0 Å². The molecule has 2 heterocycles. The van der Waals surface area contributed by atoms with Gasteiger partial charge in [-0.3, -0.25) is 9.89 Å². The molecule has 1 aromatic heterocycles. The first-order chi connectivity index (χ1) is 9.75.